The molecule has 0 aliphatic heterocycles. The van der Waals surface area contributed by atoms with E-state index < -0.39 is 0 Å². The standard InChI is InChI=1S/C14H17N3OS/c1-9(2)8-16-14(18)13-11(15)12(17-19-13)10-6-4-3-5-7-10/h3-7,9H,8,15H2,1-2H3,(H,16,18). The second-order valence-corrected chi connectivity index (χ2v) is 5.52. The highest BCUT2D eigenvalue weighted by Gasteiger charge is 2.18. The number of nitrogens with one attached hydrogen (secondary N) is 1. The van der Waals surface area contributed by atoms with Crippen LogP contribution in [0, 0.1) is 5.92 Å². The second-order valence-electron chi connectivity index (χ2n) is 4.74. The number of hydrogen-bond donors (Lipinski definition) is 2. The number of anilines is 1. The number of rotatable bonds is 4. The monoisotopic (exact) mass is 275 g/mol. The van der Waals surface area contributed by atoms with E-state index in [9.17, 15) is 4.79 Å². The van der Waals surface area contributed by atoms with Gasteiger partial charge in [-0.25, -0.2) is 0 Å². The number of nitrogens with two attached hydrogens (primary N) is 1. The van der Waals surface area contributed by atoms with E-state index in [4.69, 9.17) is 5.73 Å². The van der Waals surface area contributed by atoms with Gasteiger partial charge in [0.15, 0.2) is 0 Å². The highest BCUT2D eigenvalue weighted by atomic mass is 32.1. The molecule has 0 aliphatic rings. The third-order valence-corrected chi connectivity index (χ3v) is 3.51. The smallest absolute Gasteiger partial charge is 0.265 e. The molecule has 0 saturated carbocycles. The molecule has 5 heteroatoms. The van der Waals surface area contributed by atoms with Crippen LogP contribution in [-0.2, 0) is 0 Å². The lowest BCUT2D eigenvalue weighted by Crippen LogP contribution is -2.27. The van der Waals surface area contributed by atoms with E-state index in [0.717, 1.165) is 17.1 Å². The summed E-state index contributed by atoms with van der Waals surface area (Å²) < 4.78 is 4.29. The van der Waals surface area contributed by atoms with Crippen molar-refractivity contribution < 1.29 is 4.79 Å². The van der Waals surface area contributed by atoms with E-state index in [1.807, 2.05) is 44.2 Å². The van der Waals surface area contributed by atoms with Crippen molar-refractivity contribution in [2.75, 3.05) is 12.3 Å². The predicted molar refractivity (Wildman–Crippen MR) is 79.1 cm³/mol. The van der Waals surface area contributed by atoms with Gasteiger partial charge in [-0.1, -0.05) is 44.2 Å². The van der Waals surface area contributed by atoms with Crippen LogP contribution in [0.15, 0.2) is 30.3 Å². The van der Waals surface area contributed by atoms with Crippen molar-refractivity contribution in [3.8, 4) is 11.3 Å². The molecular weight excluding hydrogens is 258 g/mol. The number of nitrogens with zero attached hydrogens (tertiary/aromatic N) is 1. The largest absolute Gasteiger partial charge is 0.396 e. The van der Waals surface area contributed by atoms with Crippen LogP contribution in [0.5, 0.6) is 0 Å². The van der Waals surface area contributed by atoms with Crippen molar-refractivity contribution in [2.24, 2.45) is 5.92 Å². The fourth-order valence-electron chi connectivity index (χ4n) is 1.64. The van der Waals surface area contributed by atoms with E-state index in [1.165, 1.54) is 0 Å². The van der Waals surface area contributed by atoms with E-state index in [2.05, 4.69) is 9.69 Å². The fourth-order valence-corrected chi connectivity index (χ4v) is 2.38. The number of hydrogen-bond acceptors (Lipinski definition) is 4. The van der Waals surface area contributed by atoms with Crippen LogP contribution in [0.4, 0.5) is 5.69 Å². The van der Waals surface area contributed by atoms with Gasteiger partial charge < -0.3 is 11.1 Å². The van der Waals surface area contributed by atoms with Gasteiger partial charge in [0.25, 0.3) is 5.91 Å². The lowest BCUT2D eigenvalue weighted by atomic mass is 10.1. The summed E-state index contributed by atoms with van der Waals surface area (Å²) in [6, 6.07) is 9.64. The molecule has 0 atom stereocenters. The summed E-state index contributed by atoms with van der Waals surface area (Å²) in [5.74, 6) is 0.262. The second kappa shape index (κ2) is 5.84. The molecule has 2 aromatic rings. The van der Waals surface area contributed by atoms with Crippen LogP contribution in [-0.4, -0.2) is 16.8 Å². The van der Waals surface area contributed by atoms with Crippen molar-refractivity contribution in [1.82, 2.24) is 9.69 Å². The normalized spacial score (nSPS) is 10.7. The van der Waals surface area contributed by atoms with Crippen molar-refractivity contribution in [2.45, 2.75) is 13.8 Å². The van der Waals surface area contributed by atoms with Crippen LogP contribution in [0.3, 0.4) is 0 Å². The van der Waals surface area contributed by atoms with E-state index in [1.54, 1.807) is 0 Å². The Morgan fingerprint density at radius 2 is 2.05 bits per heavy atom. The van der Waals surface area contributed by atoms with Crippen LogP contribution in [0.2, 0.25) is 0 Å². The molecule has 0 spiro atoms. The zero-order valence-electron chi connectivity index (χ0n) is 11.0. The quantitative estimate of drug-likeness (QED) is 0.901. The Bertz CT molecular complexity index is 563. The number of carbonyl (C=O) groups is 1. The maximum absolute atomic E-state index is 12.0. The molecule has 0 unspecified atom stereocenters. The van der Waals surface area contributed by atoms with Gasteiger partial charge in [-0.05, 0) is 17.5 Å². The average molecular weight is 275 g/mol. The SMILES string of the molecule is CC(C)CNC(=O)c1snc(-c2ccccc2)c1N. The van der Waals surface area contributed by atoms with Crippen molar-refractivity contribution in [3.05, 3.63) is 35.2 Å². The highest BCUT2D eigenvalue weighted by molar-refractivity contribution is 7.09. The molecule has 3 N–H and O–H groups in total. The Balaban J connectivity index is 2.21. The molecule has 0 fully saturated rings. The molecule has 0 aliphatic carbocycles. The predicted octanol–water partition coefficient (Wildman–Crippen LogP) is 2.78. The first kappa shape index (κ1) is 13.5. The van der Waals surface area contributed by atoms with Gasteiger partial charge in [0.2, 0.25) is 0 Å². The minimum Gasteiger partial charge on any atom is -0.396 e. The molecule has 1 aromatic carbocycles. The third kappa shape index (κ3) is 3.12. The van der Waals surface area contributed by atoms with Crippen molar-refractivity contribution in [1.29, 1.82) is 0 Å². The van der Waals surface area contributed by atoms with Gasteiger partial charge in [-0.15, -0.1) is 0 Å². The number of amides is 1. The van der Waals surface area contributed by atoms with Crippen molar-refractivity contribution in [3.63, 3.8) is 0 Å². The summed E-state index contributed by atoms with van der Waals surface area (Å²) in [7, 11) is 0. The maximum atomic E-state index is 12.0. The number of carbonyl (C=O) groups excluding carboxylic acids is 1. The molecule has 19 heavy (non-hydrogen) atoms. The third-order valence-electron chi connectivity index (χ3n) is 2.65. The van der Waals surface area contributed by atoms with Crippen LogP contribution >= 0.6 is 11.5 Å². The summed E-state index contributed by atoms with van der Waals surface area (Å²) in [5, 5.41) is 2.86. The van der Waals surface area contributed by atoms with Crippen molar-refractivity contribution >= 4 is 23.1 Å². The average Bonchev–Trinajstić information content (AvgIpc) is 2.79. The lowest BCUT2D eigenvalue weighted by Gasteiger charge is -2.06. The Morgan fingerprint density at radius 1 is 1.37 bits per heavy atom. The molecule has 0 radical (unpaired) electrons. The number of aromatic nitrogens is 1. The fraction of sp³-hybridized carbons (Fsp3) is 0.286. The van der Waals surface area contributed by atoms with Gasteiger partial charge in [0.1, 0.15) is 10.6 Å². The van der Waals surface area contributed by atoms with Gasteiger partial charge in [-0.2, -0.15) is 4.37 Å². The van der Waals surface area contributed by atoms with Gasteiger partial charge in [0.05, 0.1) is 5.69 Å². The Kier molecular flexibility index (Phi) is 4.16. The van der Waals surface area contributed by atoms with E-state index >= 15 is 0 Å². The van der Waals surface area contributed by atoms with Crippen LogP contribution in [0.25, 0.3) is 11.3 Å². The zero-order chi connectivity index (χ0) is 13.8. The maximum Gasteiger partial charge on any atom is 0.265 e. The zero-order valence-corrected chi connectivity index (χ0v) is 11.8. The molecular formula is C14H17N3OS. The Labute approximate surface area is 116 Å². The minimum atomic E-state index is -0.147. The summed E-state index contributed by atoms with van der Waals surface area (Å²) in [4.78, 5) is 12.5. The summed E-state index contributed by atoms with van der Waals surface area (Å²) in [6.45, 7) is 4.73. The van der Waals surface area contributed by atoms with Gasteiger partial charge in [0, 0.05) is 12.1 Å². The topological polar surface area (TPSA) is 68.0 Å². The summed E-state index contributed by atoms with van der Waals surface area (Å²) >= 11 is 1.14. The lowest BCUT2D eigenvalue weighted by molar-refractivity contribution is 0.0954. The molecule has 2 rings (SSSR count). The van der Waals surface area contributed by atoms with Crippen LogP contribution in [0.1, 0.15) is 23.5 Å². The summed E-state index contributed by atoms with van der Waals surface area (Å²) in [5.41, 5.74) is 8.10. The highest BCUT2D eigenvalue weighted by Crippen LogP contribution is 2.30. The number of benzene rings is 1. The molecule has 0 bridgehead atoms. The van der Waals surface area contributed by atoms with E-state index in [-0.39, 0.29) is 5.91 Å². The first-order valence-corrected chi connectivity index (χ1v) is 6.95. The first-order chi connectivity index (χ1) is 9.09. The van der Waals surface area contributed by atoms with Crippen LogP contribution < -0.4 is 11.1 Å². The van der Waals surface area contributed by atoms with Gasteiger partial charge in [-0.3, -0.25) is 4.79 Å². The van der Waals surface area contributed by atoms with Gasteiger partial charge >= 0.3 is 0 Å². The Morgan fingerprint density at radius 3 is 2.68 bits per heavy atom. The molecule has 0 saturated heterocycles. The molecule has 1 aromatic heterocycles. The first-order valence-electron chi connectivity index (χ1n) is 6.18. The molecule has 100 valence electrons. The summed E-state index contributed by atoms with van der Waals surface area (Å²) in [6.07, 6.45) is 0. The molecule has 1 amide bonds. The molecule has 1 heterocycles. The van der Waals surface area contributed by atoms with E-state index in [0.29, 0.717) is 28.7 Å². The Hall–Kier alpha value is -1.88. The number of nitrogen functional groups attached to an aromatic ring is 1. The molecule has 4 nitrogen and oxygen atoms in total. The minimum absolute atomic E-state index is 0.147.